The highest BCUT2D eigenvalue weighted by Gasteiger charge is 2.26. The molecule has 1 aromatic carbocycles. The molecule has 7 heteroatoms. The molecule has 0 saturated carbocycles. The van der Waals surface area contributed by atoms with Gasteiger partial charge in [-0.25, -0.2) is 12.7 Å². The number of piperidine rings is 1. The minimum Gasteiger partial charge on any atom is -0.349 e. The Morgan fingerprint density at radius 2 is 1.96 bits per heavy atom. The second-order valence-corrected chi connectivity index (χ2v) is 7.77. The highest BCUT2D eigenvalue weighted by Crippen LogP contribution is 2.18. The Balaban J connectivity index is 1.70. The molecule has 0 spiro atoms. The third-order valence-corrected chi connectivity index (χ3v) is 5.45. The van der Waals surface area contributed by atoms with Gasteiger partial charge in [0.25, 0.3) is 5.91 Å². The predicted octanol–water partition coefficient (Wildman–Crippen LogP) is 1.39. The Kier molecular flexibility index (Phi) is 4.32. The lowest BCUT2D eigenvalue weighted by molar-refractivity contribution is 0.0925. The molecule has 6 nitrogen and oxygen atoms in total. The summed E-state index contributed by atoms with van der Waals surface area (Å²) in [6.45, 7) is 0.891. The van der Waals surface area contributed by atoms with Gasteiger partial charge in [-0.15, -0.1) is 0 Å². The molecule has 0 aliphatic carbocycles. The average molecular weight is 333 g/mol. The van der Waals surface area contributed by atoms with Crippen molar-refractivity contribution in [3.8, 4) is 0 Å². The second kappa shape index (κ2) is 6.25. The van der Waals surface area contributed by atoms with Crippen molar-refractivity contribution in [2.24, 2.45) is 0 Å². The topological polar surface area (TPSA) is 79.4 Å². The van der Waals surface area contributed by atoms with Crippen LogP contribution >= 0.6 is 0 Å². The lowest BCUT2D eigenvalue weighted by Gasteiger charge is -2.30. The Bertz CT molecular complexity index is 822. The van der Waals surface area contributed by atoms with E-state index < -0.39 is 10.0 Å². The van der Waals surface area contributed by atoms with E-state index in [0.29, 0.717) is 31.5 Å². The zero-order valence-electron chi connectivity index (χ0n) is 12.9. The van der Waals surface area contributed by atoms with Gasteiger partial charge in [0.2, 0.25) is 10.0 Å². The van der Waals surface area contributed by atoms with E-state index in [1.807, 2.05) is 24.3 Å². The van der Waals surface area contributed by atoms with Gasteiger partial charge in [0.1, 0.15) is 0 Å². The molecule has 1 aliphatic heterocycles. The van der Waals surface area contributed by atoms with Crippen molar-refractivity contribution in [3.63, 3.8) is 0 Å². The van der Waals surface area contributed by atoms with E-state index in [1.54, 1.807) is 12.3 Å². The molecule has 1 aliphatic rings. The molecule has 1 aromatic heterocycles. The van der Waals surface area contributed by atoms with Gasteiger partial charge in [-0.2, -0.15) is 0 Å². The number of sulfonamides is 1. The summed E-state index contributed by atoms with van der Waals surface area (Å²) in [7, 11) is -3.15. The standard InChI is InChI=1S/C16H19N3O3S/c1-23(21,22)19-10-7-12(8-11-19)18-16(20)14-4-2-6-15-13(14)5-3-9-17-15/h2-6,9,12H,7-8,10-11H2,1H3,(H,18,20). The summed E-state index contributed by atoms with van der Waals surface area (Å²) in [6.07, 6.45) is 4.17. The van der Waals surface area contributed by atoms with Gasteiger partial charge in [-0.1, -0.05) is 12.1 Å². The second-order valence-electron chi connectivity index (χ2n) is 5.79. The van der Waals surface area contributed by atoms with Crippen molar-refractivity contribution in [2.45, 2.75) is 18.9 Å². The number of hydrogen-bond acceptors (Lipinski definition) is 4. The molecule has 0 radical (unpaired) electrons. The van der Waals surface area contributed by atoms with Crippen molar-refractivity contribution in [2.75, 3.05) is 19.3 Å². The lowest BCUT2D eigenvalue weighted by atomic mass is 10.0. The van der Waals surface area contributed by atoms with Gasteiger partial charge in [-0.05, 0) is 31.0 Å². The van der Waals surface area contributed by atoms with Crippen molar-refractivity contribution >= 4 is 26.8 Å². The number of pyridine rings is 1. The number of benzene rings is 1. The molecule has 122 valence electrons. The maximum Gasteiger partial charge on any atom is 0.252 e. The molecule has 2 heterocycles. The fraction of sp³-hybridized carbons (Fsp3) is 0.375. The average Bonchev–Trinajstić information content (AvgIpc) is 2.54. The van der Waals surface area contributed by atoms with E-state index >= 15 is 0 Å². The van der Waals surface area contributed by atoms with Crippen LogP contribution in [-0.4, -0.2) is 49.0 Å². The first kappa shape index (κ1) is 15.9. The number of fused-ring (bicyclic) bond motifs is 1. The van der Waals surface area contributed by atoms with Crippen LogP contribution in [0.3, 0.4) is 0 Å². The number of rotatable bonds is 3. The molecule has 1 N–H and O–H groups in total. The van der Waals surface area contributed by atoms with E-state index in [-0.39, 0.29) is 11.9 Å². The predicted molar refractivity (Wildman–Crippen MR) is 88.6 cm³/mol. The van der Waals surface area contributed by atoms with Gasteiger partial charge >= 0.3 is 0 Å². The fourth-order valence-corrected chi connectivity index (χ4v) is 3.77. The van der Waals surface area contributed by atoms with Crippen molar-refractivity contribution < 1.29 is 13.2 Å². The number of hydrogen-bond donors (Lipinski definition) is 1. The number of aromatic nitrogens is 1. The Hall–Kier alpha value is -1.99. The highest BCUT2D eigenvalue weighted by molar-refractivity contribution is 7.88. The molecule has 1 fully saturated rings. The highest BCUT2D eigenvalue weighted by atomic mass is 32.2. The largest absolute Gasteiger partial charge is 0.349 e. The number of carbonyl (C=O) groups is 1. The lowest BCUT2D eigenvalue weighted by Crippen LogP contribution is -2.46. The first-order valence-electron chi connectivity index (χ1n) is 7.55. The maximum absolute atomic E-state index is 12.5. The molecule has 2 aromatic rings. The summed E-state index contributed by atoms with van der Waals surface area (Å²) < 4.78 is 24.5. The number of carbonyl (C=O) groups excluding carboxylic acids is 1. The summed E-state index contributed by atoms with van der Waals surface area (Å²) in [4.78, 5) is 16.8. The molecule has 1 amide bonds. The van der Waals surface area contributed by atoms with E-state index in [1.165, 1.54) is 10.6 Å². The van der Waals surface area contributed by atoms with Crippen LogP contribution in [0, 0.1) is 0 Å². The van der Waals surface area contributed by atoms with Crippen LogP contribution in [0.1, 0.15) is 23.2 Å². The monoisotopic (exact) mass is 333 g/mol. The van der Waals surface area contributed by atoms with Gasteiger partial charge in [-0.3, -0.25) is 9.78 Å². The number of nitrogens with one attached hydrogen (secondary N) is 1. The molecule has 23 heavy (non-hydrogen) atoms. The molecule has 3 rings (SSSR count). The smallest absolute Gasteiger partial charge is 0.252 e. The summed E-state index contributed by atoms with van der Waals surface area (Å²) >= 11 is 0. The minimum atomic E-state index is -3.15. The summed E-state index contributed by atoms with van der Waals surface area (Å²) in [5.41, 5.74) is 1.38. The van der Waals surface area contributed by atoms with Crippen LogP contribution in [0.25, 0.3) is 10.9 Å². The van der Waals surface area contributed by atoms with Gasteiger partial charge < -0.3 is 5.32 Å². The fourth-order valence-electron chi connectivity index (χ4n) is 2.90. The first-order valence-corrected chi connectivity index (χ1v) is 9.40. The Morgan fingerprint density at radius 3 is 2.65 bits per heavy atom. The zero-order valence-corrected chi connectivity index (χ0v) is 13.7. The molecule has 0 unspecified atom stereocenters. The molecule has 0 bridgehead atoms. The van der Waals surface area contributed by atoms with Crippen molar-refractivity contribution in [3.05, 3.63) is 42.1 Å². The molecular weight excluding hydrogens is 314 g/mol. The third kappa shape index (κ3) is 3.51. The van der Waals surface area contributed by atoms with Crippen molar-refractivity contribution in [1.29, 1.82) is 0 Å². The minimum absolute atomic E-state index is 0.00701. The number of amides is 1. The van der Waals surface area contributed by atoms with Crippen molar-refractivity contribution in [1.82, 2.24) is 14.6 Å². The van der Waals surface area contributed by atoms with E-state index in [2.05, 4.69) is 10.3 Å². The molecule has 0 atom stereocenters. The first-order chi connectivity index (χ1) is 10.9. The number of nitrogens with zero attached hydrogens (tertiary/aromatic N) is 2. The third-order valence-electron chi connectivity index (χ3n) is 4.15. The normalized spacial score (nSPS) is 17.3. The van der Waals surface area contributed by atoms with Gasteiger partial charge in [0.05, 0.1) is 11.8 Å². The van der Waals surface area contributed by atoms with Crippen LogP contribution in [0.15, 0.2) is 36.5 Å². The van der Waals surface area contributed by atoms with E-state index in [9.17, 15) is 13.2 Å². The van der Waals surface area contributed by atoms with E-state index in [4.69, 9.17) is 0 Å². The SMILES string of the molecule is CS(=O)(=O)N1CCC(NC(=O)c2cccc3ncccc23)CC1. The Morgan fingerprint density at radius 1 is 1.22 bits per heavy atom. The quantitative estimate of drug-likeness (QED) is 0.920. The Labute approximate surface area is 135 Å². The molecule has 1 saturated heterocycles. The summed E-state index contributed by atoms with van der Waals surface area (Å²) in [5.74, 6) is -0.138. The van der Waals surface area contributed by atoms with Gasteiger partial charge in [0, 0.05) is 36.3 Å². The van der Waals surface area contributed by atoms with Crippen LogP contribution in [0.2, 0.25) is 0 Å². The zero-order chi connectivity index (χ0) is 16.4. The van der Waals surface area contributed by atoms with Crippen LogP contribution in [0.4, 0.5) is 0 Å². The summed E-state index contributed by atoms with van der Waals surface area (Å²) in [5, 5.41) is 3.83. The van der Waals surface area contributed by atoms with Crippen LogP contribution in [-0.2, 0) is 10.0 Å². The molecular formula is C16H19N3O3S. The maximum atomic E-state index is 12.5. The van der Waals surface area contributed by atoms with E-state index in [0.717, 1.165) is 10.9 Å². The van der Waals surface area contributed by atoms with Crippen LogP contribution in [0.5, 0.6) is 0 Å². The summed E-state index contributed by atoms with van der Waals surface area (Å²) in [6, 6.07) is 9.15. The van der Waals surface area contributed by atoms with Crippen LogP contribution < -0.4 is 5.32 Å². The van der Waals surface area contributed by atoms with Gasteiger partial charge in [0.15, 0.2) is 0 Å².